The van der Waals surface area contributed by atoms with Gasteiger partial charge in [0, 0.05) is 11.6 Å². The van der Waals surface area contributed by atoms with Gasteiger partial charge in [0.1, 0.15) is 0 Å². The highest BCUT2D eigenvalue weighted by Gasteiger charge is 2.15. The predicted octanol–water partition coefficient (Wildman–Crippen LogP) is 4.86. The van der Waals surface area contributed by atoms with E-state index >= 15 is 0 Å². The van der Waals surface area contributed by atoms with Gasteiger partial charge in [-0.2, -0.15) is 0 Å². The Bertz CT molecular complexity index is 1000. The molecule has 3 aromatic rings. The molecule has 5 heteroatoms. The van der Waals surface area contributed by atoms with Gasteiger partial charge in [0.25, 0.3) is 0 Å². The van der Waals surface area contributed by atoms with Gasteiger partial charge < -0.3 is 0 Å². The van der Waals surface area contributed by atoms with Crippen molar-refractivity contribution in [2.24, 2.45) is 0 Å². The Hall–Kier alpha value is -2.40. The molecule has 0 radical (unpaired) electrons. The van der Waals surface area contributed by atoms with Crippen LogP contribution in [0.25, 0.3) is 11.6 Å². The second-order valence-corrected chi connectivity index (χ2v) is 7.87. The maximum absolute atomic E-state index is 12.5. The van der Waals surface area contributed by atoms with Gasteiger partial charge in [-0.05, 0) is 41.0 Å². The molecule has 0 aliphatic rings. The predicted molar refractivity (Wildman–Crippen MR) is 107 cm³/mol. The number of hydrogen-bond acceptors (Lipinski definition) is 2. The Kier molecular flexibility index (Phi) is 5.89. The van der Waals surface area contributed by atoms with Crippen LogP contribution in [0.15, 0.2) is 89.8 Å². The first-order valence-corrected chi connectivity index (χ1v) is 9.97. The average molecular weight is 384 g/mol. The lowest BCUT2D eigenvalue weighted by Crippen LogP contribution is -2.25. The normalized spacial score (nSPS) is 12.1. The van der Waals surface area contributed by atoms with E-state index in [4.69, 9.17) is 11.6 Å². The van der Waals surface area contributed by atoms with Gasteiger partial charge in [0.15, 0.2) is 0 Å². The summed E-state index contributed by atoms with van der Waals surface area (Å²) in [7, 11) is -3.60. The van der Waals surface area contributed by atoms with Crippen molar-refractivity contribution in [3.8, 4) is 0 Å². The fourth-order valence-electron chi connectivity index (χ4n) is 2.55. The first-order valence-electron chi connectivity index (χ1n) is 8.11. The van der Waals surface area contributed by atoms with Gasteiger partial charge in [-0.15, -0.1) is 0 Å². The van der Waals surface area contributed by atoms with Gasteiger partial charge in [-0.3, -0.25) is 0 Å². The molecule has 0 saturated carbocycles. The molecular weight excluding hydrogens is 366 g/mol. The van der Waals surface area contributed by atoms with Gasteiger partial charge in [-0.1, -0.05) is 78.3 Å². The molecule has 0 aromatic heterocycles. The highest BCUT2D eigenvalue weighted by molar-refractivity contribution is 7.89. The molecule has 3 nitrogen and oxygen atoms in total. The summed E-state index contributed by atoms with van der Waals surface area (Å²) in [5.41, 5.74) is 2.57. The van der Waals surface area contributed by atoms with Crippen LogP contribution < -0.4 is 4.72 Å². The molecule has 0 heterocycles. The van der Waals surface area contributed by atoms with Crippen LogP contribution in [0.5, 0.6) is 0 Å². The molecule has 0 bridgehead atoms. The van der Waals surface area contributed by atoms with E-state index in [9.17, 15) is 8.42 Å². The quantitative estimate of drug-likeness (QED) is 0.618. The molecule has 3 aromatic carbocycles. The van der Waals surface area contributed by atoms with Crippen molar-refractivity contribution < 1.29 is 8.42 Å². The molecule has 1 N–H and O–H groups in total. The van der Waals surface area contributed by atoms with Gasteiger partial charge in [0.05, 0.1) is 4.90 Å². The van der Waals surface area contributed by atoms with Crippen LogP contribution in [0, 0.1) is 0 Å². The Morgan fingerprint density at radius 1 is 0.846 bits per heavy atom. The maximum atomic E-state index is 12.5. The summed E-state index contributed by atoms with van der Waals surface area (Å²) in [6.45, 7) is 0.135. The van der Waals surface area contributed by atoms with E-state index in [1.54, 1.807) is 36.4 Å². The minimum atomic E-state index is -3.60. The zero-order valence-electron chi connectivity index (χ0n) is 14.0. The van der Waals surface area contributed by atoms with Crippen LogP contribution >= 0.6 is 11.6 Å². The Labute approximate surface area is 159 Å². The minimum Gasteiger partial charge on any atom is -0.207 e. The second kappa shape index (κ2) is 8.32. The SMILES string of the molecule is O=S(=O)(NC/C(=C/c1ccccc1)c1ccccc1Cl)c1ccccc1. The van der Waals surface area contributed by atoms with Crippen LogP contribution in [-0.4, -0.2) is 15.0 Å². The first-order chi connectivity index (χ1) is 12.6. The summed E-state index contributed by atoms with van der Waals surface area (Å²) in [6.07, 6.45) is 1.94. The summed E-state index contributed by atoms with van der Waals surface area (Å²) >= 11 is 6.33. The summed E-state index contributed by atoms with van der Waals surface area (Å²) in [4.78, 5) is 0.234. The largest absolute Gasteiger partial charge is 0.240 e. The topological polar surface area (TPSA) is 46.2 Å². The minimum absolute atomic E-state index is 0.135. The molecule has 0 atom stereocenters. The number of hydrogen-bond donors (Lipinski definition) is 1. The van der Waals surface area contributed by atoms with E-state index in [1.165, 1.54) is 0 Å². The second-order valence-electron chi connectivity index (χ2n) is 5.70. The molecule has 0 aliphatic carbocycles. The fourth-order valence-corrected chi connectivity index (χ4v) is 3.84. The van der Waals surface area contributed by atoms with E-state index in [-0.39, 0.29) is 11.4 Å². The average Bonchev–Trinajstić information content (AvgIpc) is 2.67. The van der Waals surface area contributed by atoms with Crippen LogP contribution in [-0.2, 0) is 10.0 Å². The summed E-state index contributed by atoms with van der Waals surface area (Å²) < 4.78 is 27.7. The molecule has 0 fully saturated rings. The van der Waals surface area contributed by atoms with Crippen LogP contribution in [0.3, 0.4) is 0 Å². The van der Waals surface area contributed by atoms with Crippen LogP contribution in [0.4, 0.5) is 0 Å². The van der Waals surface area contributed by atoms with Crippen molar-refractivity contribution in [1.29, 1.82) is 0 Å². The zero-order chi connectivity index (χ0) is 18.4. The van der Waals surface area contributed by atoms with Crippen molar-refractivity contribution in [3.63, 3.8) is 0 Å². The Morgan fingerprint density at radius 2 is 1.42 bits per heavy atom. The lowest BCUT2D eigenvalue weighted by molar-refractivity contribution is 0.586. The van der Waals surface area contributed by atoms with Crippen molar-refractivity contribution in [3.05, 3.63) is 101 Å². The summed E-state index contributed by atoms with van der Waals surface area (Å²) in [5, 5.41) is 0.577. The monoisotopic (exact) mass is 383 g/mol. The van der Waals surface area contributed by atoms with Gasteiger partial charge >= 0.3 is 0 Å². The molecule has 132 valence electrons. The lowest BCUT2D eigenvalue weighted by atomic mass is 10.0. The van der Waals surface area contributed by atoms with E-state index in [0.717, 1.165) is 16.7 Å². The van der Waals surface area contributed by atoms with Crippen molar-refractivity contribution in [2.75, 3.05) is 6.54 Å². The third kappa shape index (κ3) is 4.61. The number of benzene rings is 3. The third-order valence-electron chi connectivity index (χ3n) is 3.87. The number of halogens is 1. The number of rotatable bonds is 6. The molecule has 0 spiro atoms. The maximum Gasteiger partial charge on any atom is 0.240 e. The van der Waals surface area contributed by atoms with E-state index in [2.05, 4.69) is 4.72 Å². The van der Waals surface area contributed by atoms with Crippen LogP contribution in [0.2, 0.25) is 5.02 Å². The smallest absolute Gasteiger partial charge is 0.207 e. The van der Waals surface area contributed by atoms with E-state index in [0.29, 0.717) is 5.02 Å². The van der Waals surface area contributed by atoms with Gasteiger partial charge in [-0.25, -0.2) is 13.1 Å². The highest BCUT2D eigenvalue weighted by Crippen LogP contribution is 2.25. The fraction of sp³-hybridized carbons (Fsp3) is 0.0476. The molecule has 0 unspecified atom stereocenters. The van der Waals surface area contributed by atoms with Crippen molar-refractivity contribution in [1.82, 2.24) is 4.72 Å². The lowest BCUT2D eigenvalue weighted by Gasteiger charge is -2.12. The standard InChI is InChI=1S/C21H18ClNO2S/c22-21-14-8-7-13-20(21)18(15-17-9-3-1-4-10-17)16-23-26(24,25)19-11-5-2-6-12-19/h1-15,23H,16H2/b18-15-. The summed E-state index contributed by atoms with van der Waals surface area (Å²) in [5.74, 6) is 0. The Balaban J connectivity index is 1.92. The van der Waals surface area contributed by atoms with E-state index in [1.807, 2.05) is 54.6 Å². The molecule has 0 aliphatic heterocycles. The highest BCUT2D eigenvalue weighted by atomic mass is 35.5. The molecular formula is C21H18ClNO2S. The number of nitrogens with one attached hydrogen (secondary N) is 1. The Morgan fingerprint density at radius 3 is 2.08 bits per heavy atom. The van der Waals surface area contributed by atoms with E-state index < -0.39 is 10.0 Å². The van der Waals surface area contributed by atoms with Crippen LogP contribution in [0.1, 0.15) is 11.1 Å². The zero-order valence-corrected chi connectivity index (χ0v) is 15.5. The number of sulfonamides is 1. The molecule has 0 saturated heterocycles. The van der Waals surface area contributed by atoms with Crippen molar-refractivity contribution in [2.45, 2.75) is 4.90 Å². The van der Waals surface area contributed by atoms with Gasteiger partial charge in [0.2, 0.25) is 10.0 Å². The molecule has 26 heavy (non-hydrogen) atoms. The summed E-state index contributed by atoms with van der Waals surface area (Å²) in [6, 6.07) is 25.4. The molecule has 0 amide bonds. The van der Waals surface area contributed by atoms with Crippen molar-refractivity contribution >= 4 is 33.3 Å². The first kappa shape index (κ1) is 18.4. The molecule has 3 rings (SSSR count). The third-order valence-corrected chi connectivity index (χ3v) is 5.61.